The molecule has 1 aromatic heterocycles. The first kappa shape index (κ1) is 10.9. The van der Waals surface area contributed by atoms with Crippen LogP contribution in [0.2, 0.25) is 0 Å². The molecule has 0 aliphatic heterocycles. The van der Waals surface area contributed by atoms with Gasteiger partial charge in [-0.05, 0) is 55.9 Å². The number of hydrogen-bond acceptors (Lipinski definition) is 2. The van der Waals surface area contributed by atoms with Gasteiger partial charge in [-0.15, -0.1) is 0 Å². The predicted octanol–water partition coefficient (Wildman–Crippen LogP) is 2.37. The lowest BCUT2D eigenvalue weighted by Crippen LogP contribution is -2.07. The minimum Gasteiger partial charge on any atom is -0.478 e. The van der Waals surface area contributed by atoms with Crippen molar-refractivity contribution in [2.45, 2.75) is 32.6 Å². The molecule has 1 aromatic rings. The van der Waals surface area contributed by atoms with Gasteiger partial charge in [0, 0.05) is 17.5 Å². The Morgan fingerprint density at radius 1 is 1.44 bits per heavy atom. The Kier molecular flexibility index (Phi) is 3.04. The summed E-state index contributed by atoms with van der Waals surface area (Å²) in [5.74, 6) is -0.919. The van der Waals surface area contributed by atoms with Crippen LogP contribution in [0, 0.1) is 6.92 Å². The summed E-state index contributed by atoms with van der Waals surface area (Å²) in [6, 6.07) is 2.08. The summed E-state index contributed by atoms with van der Waals surface area (Å²) in [5, 5.41) is 8.60. The fourth-order valence-electron chi connectivity index (χ4n) is 2.08. The van der Waals surface area contributed by atoms with Crippen LogP contribution in [0.25, 0.3) is 6.08 Å². The van der Waals surface area contributed by atoms with E-state index in [0.29, 0.717) is 0 Å². The lowest BCUT2D eigenvalue weighted by atomic mass is 9.94. The van der Waals surface area contributed by atoms with Gasteiger partial charge in [0.25, 0.3) is 0 Å². The van der Waals surface area contributed by atoms with Crippen molar-refractivity contribution >= 4 is 12.0 Å². The average molecular weight is 217 g/mol. The topological polar surface area (TPSA) is 50.2 Å². The Balaban J connectivity index is 2.35. The first-order valence-electron chi connectivity index (χ1n) is 5.57. The largest absolute Gasteiger partial charge is 0.478 e. The van der Waals surface area contributed by atoms with Gasteiger partial charge in [-0.1, -0.05) is 0 Å². The molecule has 0 unspecified atom stereocenters. The van der Waals surface area contributed by atoms with Crippen LogP contribution in [-0.4, -0.2) is 16.1 Å². The number of aromatic nitrogens is 1. The van der Waals surface area contributed by atoms with Crippen molar-refractivity contribution in [1.82, 2.24) is 4.98 Å². The van der Waals surface area contributed by atoms with E-state index in [1.54, 1.807) is 6.08 Å². The molecule has 2 rings (SSSR count). The van der Waals surface area contributed by atoms with E-state index in [4.69, 9.17) is 5.11 Å². The number of rotatable bonds is 2. The summed E-state index contributed by atoms with van der Waals surface area (Å²) in [6.45, 7) is 1.93. The third-order valence-corrected chi connectivity index (χ3v) is 2.94. The Morgan fingerprint density at radius 3 is 2.94 bits per heavy atom. The molecular weight excluding hydrogens is 202 g/mol. The molecule has 0 aromatic carbocycles. The Labute approximate surface area is 94.8 Å². The second kappa shape index (κ2) is 4.47. The third kappa shape index (κ3) is 2.30. The lowest BCUT2D eigenvalue weighted by molar-refractivity contribution is -0.131. The zero-order chi connectivity index (χ0) is 11.5. The normalized spacial score (nSPS) is 15.1. The first-order chi connectivity index (χ1) is 7.66. The molecule has 0 fully saturated rings. The summed E-state index contributed by atoms with van der Waals surface area (Å²) < 4.78 is 0. The Bertz CT molecular complexity index is 449. The zero-order valence-electron chi connectivity index (χ0n) is 9.36. The van der Waals surface area contributed by atoms with E-state index in [0.717, 1.165) is 24.1 Å². The molecule has 1 aliphatic rings. The van der Waals surface area contributed by atoms with Crippen LogP contribution >= 0.6 is 0 Å². The SMILES string of the molecule is Cc1nc2c(cc1C=CC(=O)O)CCCC2. The number of fused-ring (bicyclic) bond motifs is 1. The third-order valence-electron chi connectivity index (χ3n) is 2.94. The maximum atomic E-state index is 10.5. The van der Waals surface area contributed by atoms with Crippen LogP contribution in [0.3, 0.4) is 0 Å². The maximum absolute atomic E-state index is 10.5. The summed E-state index contributed by atoms with van der Waals surface area (Å²) >= 11 is 0. The lowest BCUT2D eigenvalue weighted by Gasteiger charge is -2.16. The minimum atomic E-state index is -0.919. The van der Waals surface area contributed by atoms with Crippen LogP contribution in [0.5, 0.6) is 0 Å². The second-order valence-electron chi connectivity index (χ2n) is 4.15. The second-order valence-corrected chi connectivity index (χ2v) is 4.15. The van der Waals surface area contributed by atoms with E-state index in [-0.39, 0.29) is 0 Å². The van der Waals surface area contributed by atoms with Gasteiger partial charge in [0.1, 0.15) is 0 Å². The Morgan fingerprint density at radius 2 is 2.19 bits per heavy atom. The van der Waals surface area contributed by atoms with Crippen LogP contribution in [0.15, 0.2) is 12.1 Å². The summed E-state index contributed by atoms with van der Waals surface area (Å²) in [7, 11) is 0. The quantitative estimate of drug-likeness (QED) is 0.774. The van der Waals surface area contributed by atoms with Crippen LogP contribution in [0.1, 0.15) is 35.4 Å². The van der Waals surface area contributed by atoms with Crippen LogP contribution < -0.4 is 0 Å². The Hall–Kier alpha value is -1.64. The molecule has 3 heteroatoms. The maximum Gasteiger partial charge on any atom is 0.328 e. The number of nitrogens with zero attached hydrogens (tertiary/aromatic N) is 1. The number of hydrogen-bond donors (Lipinski definition) is 1. The van der Waals surface area contributed by atoms with Gasteiger partial charge in [0.15, 0.2) is 0 Å². The molecule has 0 spiro atoms. The van der Waals surface area contributed by atoms with Crippen molar-refractivity contribution in [2.75, 3.05) is 0 Å². The average Bonchev–Trinajstić information content (AvgIpc) is 2.26. The fourth-order valence-corrected chi connectivity index (χ4v) is 2.08. The summed E-state index contributed by atoms with van der Waals surface area (Å²) in [6.07, 6.45) is 7.33. The van der Waals surface area contributed by atoms with E-state index < -0.39 is 5.97 Å². The van der Waals surface area contributed by atoms with E-state index in [1.165, 1.54) is 30.2 Å². The van der Waals surface area contributed by atoms with Gasteiger partial charge in [0.2, 0.25) is 0 Å². The highest BCUT2D eigenvalue weighted by Crippen LogP contribution is 2.22. The number of aliphatic carboxylic acids is 1. The van der Waals surface area contributed by atoms with Crippen LogP contribution in [-0.2, 0) is 17.6 Å². The number of carboxylic acid groups (broad SMARTS) is 1. The molecule has 84 valence electrons. The number of carboxylic acids is 1. The van der Waals surface area contributed by atoms with E-state index in [2.05, 4.69) is 11.1 Å². The van der Waals surface area contributed by atoms with Crippen molar-refractivity contribution in [1.29, 1.82) is 0 Å². The molecule has 3 nitrogen and oxygen atoms in total. The fraction of sp³-hybridized carbons (Fsp3) is 0.385. The van der Waals surface area contributed by atoms with E-state index in [9.17, 15) is 4.79 Å². The van der Waals surface area contributed by atoms with Gasteiger partial charge in [0.05, 0.1) is 0 Å². The molecule has 0 saturated carbocycles. The molecule has 1 N–H and O–H groups in total. The number of aryl methyl sites for hydroxylation is 3. The first-order valence-corrected chi connectivity index (χ1v) is 5.57. The van der Waals surface area contributed by atoms with Crippen molar-refractivity contribution in [3.8, 4) is 0 Å². The molecular formula is C13H15NO2. The highest BCUT2D eigenvalue weighted by molar-refractivity contribution is 5.85. The van der Waals surface area contributed by atoms with Gasteiger partial charge >= 0.3 is 5.97 Å². The van der Waals surface area contributed by atoms with Gasteiger partial charge in [-0.25, -0.2) is 4.79 Å². The van der Waals surface area contributed by atoms with Gasteiger partial charge < -0.3 is 5.11 Å². The molecule has 1 heterocycles. The van der Waals surface area contributed by atoms with Crippen molar-refractivity contribution in [3.05, 3.63) is 34.7 Å². The van der Waals surface area contributed by atoms with Crippen molar-refractivity contribution < 1.29 is 9.90 Å². The minimum absolute atomic E-state index is 0.915. The summed E-state index contributed by atoms with van der Waals surface area (Å²) in [5.41, 5.74) is 4.30. The van der Waals surface area contributed by atoms with Gasteiger partial charge in [-0.2, -0.15) is 0 Å². The summed E-state index contributed by atoms with van der Waals surface area (Å²) in [4.78, 5) is 15.0. The van der Waals surface area contributed by atoms with Crippen molar-refractivity contribution in [3.63, 3.8) is 0 Å². The molecule has 1 aliphatic carbocycles. The zero-order valence-corrected chi connectivity index (χ0v) is 9.36. The smallest absolute Gasteiger partial charge is 0.328 e. The van der Waals surface area contributed by atoms with Crippen LogP contribution in [0.4, 0.5) is 0 Å². The molecule has 16 heavy (non-hydrogen) atoms. The van der Waals surface area contributed by atoms with Gasteiger partial charge in [-0.3, -0.25) is 4.98 Å². The molecule has 0 bridgehead atoms. The van der Waals surface area contributed by atoms with E-state index in [1.807, 2.05) is 6.92 Å². The molecule has 0 amide bonds. The van der Waals surface area contributed by atoms with E-state index >= 15 is 0 Å². The standard InChI is InChI=1S/C13H15NO2/c1-9-10(6-7-13(15)16)8-11-4-2-3-5-12(11)14-9/h6-8H,2-5H2,1H3,(H,15,16). The van der Waals surface area contributed by atoms with Crippen molar-refractivity contribution in [2.24, 2.45) is 0 Å². The highest BCUT2D eigenvalue weighted by atomic mass is 16.4. The number of carbonyl (C=O) groups is 1. The molecule has 0 radical (unpaired) electrons. The molecule has 0 saturated heterocycles. The number of pyridine rings is 1. The molecule has 0 atom stereocenters. The monoisotopic (exact) mass is 217 g/mol. The highest BCUT2D eigenvalue weighted by Gasteiger charge is 2.12. The predicted molar refractivity (Wildman–Crippen MR) is 62.3 cm³/mol.